The van der Waals surface area contributed by atoms with Crippen LogP contribution in [-0.4, -0.2) is 38.1 Å². The van der Waals surface area contributed by atoms with Crippen LogP contribution in [0.3, 0.4) is 0 Å². The van der Waals surface area contributed by atoms with Crippen LogP contribution in [0.1, 0.15) is 18.1 Å². The smallest absolute Gasteiger partial charge is 0.180 e. The normalized spacial score (nSPS) is 10.8. The van der Waals surface area contributed by atoms with E-state index in [1.54, 1.807) is 0 Å². The first kappa shape index (κ1) is 21.8. The van der Waals surface area contributed by atoms with Gasteiger partial charge in [0.1, 0.15) is 6.61 Å². The molecule has 0 fully saturated rings. The van der Waals surface area contributed by atoms with E-state index in [2.05, 4.69) is 5.32 Å². The Morgan fingerprint density at radius 3 is 2.63 bits per heavy atom. The summed E-state index contributed by atoms with van der Waals surface area (Å²) in [6, 6.07) is 11.3. The molecule has 27 heavy (non-hydrogen) atoms. The molecule has 5 nitrogen and oxygen atoms in total. The fourth-order valence-electron chi connectivity index (χ4n) is 2.45. The second kappa shape index (κ2) is 12.1. The Labute approximate surface area is 170 Å². The molecule has 2 aromatic carbocycles. The summed E-state index contributed by atoms with van der Waals surface area (Å²) in [5, 5.41) is 13.1. The molecule has 0 saturated heterocycles. The maximum Gasteiger partial charge on any atom is 0.180 e. The standard InChI is InChI=1S/C20H25Cl2NO4/c1-2-26-19-12-16(13-23-6-8-25-9-7-24)11-18(22)20(19)27-14-15-4-3-5-17(21)10-15/h3-5,10-12,23-24H,2,6-9,13-14H2,1H3. The summed E-state index contributed by atoms with van der Waals surface area (Å²) in [4.78, 5) is 0. The summed E-state index contributed by atoms with van der Waals surface area (Å²) in [7, 11) is 0. The van der Waals surface area contributed by atoms with Crippen LogP contribution in [0.4, 0.5) is 0 Å². The molecule has 0 unspecified atom stereocenters. The highest BCUT2D eigenvalue weighted by molar-refractivity contribution is 6.32. The quantitative estimate of drug-likeness (QED) is 0.513. The van der Waals surface area contributed by atoms with Gasteiger partial charge in [0.25, 0.3) is 0 Å². The van der Waals surface area contributed by atoms with Crippen LogP contribution in [-0.2, 0) is 17.9 Å². The Bertz CT molecular complexity index is 712. The zero-order valence-electron chi connectivity index (χ0n) is 15.3. The molecular formula is C20H25Cl2NO4. The molecule has 0 bridgehead atoms. The molecule has 0 amide bonds. The molecule has 0 aliphatic rings. The molecule has 7 heteroatoms. The van der Waals surface area contributed by atoms with Gasteiger partial charge in [-0.05, 0) is 42.3 Å². The number of hydrogen-bond acceptors (Lipinski definition) is 5. The SMILES string of the molecule is CCOc1cc(CNCCOCCO)cc(Cl)c1OCc1cccc(Cl)c1. The van der Waals surface area contributed by atoms with Gasteiger partial charge in [0.05, 0.1) is 31.5 Å². The molecule has 0 heterocycles. The number of nitrogens with one attached hydrogen (secondary N) is 1. The molecule has 0 aromatic heterocycles. The molecule has 0 aliphatic heterocycles. The second-order valence-corrected chi connectivity index (χ2v) is 6.61. The largest absolute Gasteiger partial charge is 0.490 e. The lowest BCUT2D eigenvalue weighted by atomic mass is 10.2. The van der Waals surface area contributed by atoms with E-state index < -0.39 is 0 Å². The van der Waals surface area contributed by atoms with Crippen molar-refractivity contribution in [2.45, 2.75) is 20.1 Å². The lowest BCUT2D eigenvalue weighted by Gasteiger charge is -2.16. The van der Waals surface area contributed by atoms with E-state index in [1.165, 1.54) is 0 Å². The van der Waals surface area contributed by atoms with Gasteiger partial charge in [-0.3, -0.25) is 0 Å². The van der Waals surface area contributed by atoms with E-state index in [1.807, 2.05) is 43.3 Å². The number of aliphatic hydroxyl groups excluding tert-OH is 1. The third kappa shape index (κ3) is 7.56. The predicted molar refractivity (Wildman–Crippen MR) is 108 cm³/mol. The zero-order chi connectivity index (χ0) is 19.5. The third-order valence-corrected chi connectivity index (χ3v) is 4.15. The van der Waals surface area contributed by atoms with Crippen molar-refractivity contribution in [2.75, 3.05) is 33.0 Å². The summed E-state index contributed by atoms with van der Waals surface area (Å²) in [5.41, 5.74) is 1.94. The van der Waals surface area contributed by atoms with Gasteiger partial charge in [-0.1, -0.05) is 35.3 Å². The zero-order valence-corrected chi connectivity index (χ0v) is 16.9. The van der Waals surface area contributed by atoms with Gasteiger partial charge in [0, 0.05) is 18.1 Å². The van der Waals surface area contributed by atoms with E-state index in [-0.39, 0.29) is 6.61 Å². The molecule has 2 aromatic rings. The number of benzene rings is 2. The van der Waals surface area contributed by atoms with Crippen LogP contribution in [0.15, 0.2) is 36.4 Å². The van der Waals surface area contributed by atoms with Gasteiger partial charge < -0.3 is 24.6 Å². The van der Waals surface area contributed by atoms with Crippen molar-refractivity contribution in [2.24, 2.45) is 0 Å². The summed E-state index contributed by atoms with van der Waals surface area (Å²) in [5.74, 6) is 1.13. The summed E-state index contributed by atoms with van der Waals surface area (Å²) >= 11 is 12.5. The van der Waals surface area contributed by atoms with Gasteiger partial charge in [0.15, 0.2) is 11.5 Å². The molecule has 0 spiro atoms. The highest BCUT2D eigenvalue weighted by atomic mass is 35.5. The second-order valence-electron chi connectivity index (χ2n) is 5.77. The van der Waals surface area contributed by atoms with Crippen LogP contribution in [0.5, 0.6) is 11.5 Å². The van der Waals surface area contributed by atoms with E-state index in [0.717, 1.165) is 11.1 Å². The molecule has 0 atom stereocenters. The fraction of sp³-hybridized carbons (Fsp3) is 0.400. The Hall–Kier alpha value is -1.50. The minimum Gasteiger partial charge on any atom is -0.490 e. The van der Waals surface area contributed by atoms with Crippen LogP contribution in [0.25, 0.3) is 0 Å². The van der Waals surface area contributed by atoms with Crippen LogP contribution in [0, 0.1) is 0 Å². The van der Waals surface area contributed by atoms with Crippen molar-refractivity contribution in [1.82, 2.24) is 5.32 Å². The minimum absolute atomic E-state index is 0.0317. The van der Waals surface area contributed by atoms with Crippen molar-refractivity contribution in [1.29, 1.82) is 0 Å². The number of ether oxygens (including phenoxy) is 3. The van der Waals surface area contributed by atoms with Crippen LogP contribution in [0.2, 0.25) is 10.0 Å². The third-order valence-electron chi connectivity index (χ3n) is 3.63. The maximum atomic E-state index is 8.68. The van der Waals surface area contributed by atoms with Crippen molar-refractivity contribution < 1.29 is 19.3 Å². The van der Waals surface area contributed by atoms with E-state index in [0.29, 0.717) is 61.1 Å². The van der Waals surface area contributed by atoms with E-state index in [9.17, 15) is 0 Å². The monoisotopic (exact) mass is 413 g/mol. The summed E-state index contributed by atoms with van der Waals surface area (Å²) < 4.78 is 16.8. The fourth-order valence-corrected chi connectivity index (χ4v) is 2.95. The molecule has 0 saturated carbocycles. The maximum absolute atomic E-state index is 8.68. The number of halogens is 2. The first-order valence-electron chi connectivity index (χ1n) is 8.85. The average molecular weight is 414 g/mol. The Balaban J connectivity index is 1.99. The first-order chi connectivity index (χ1) is 13.1. The van der Waals surface area contributed by atoms with Crippen molar-refractivity contribution in [3.63, 3.8) is 0 Å². The van der Waals surface area contributed by atoms with Gasteiger partial charge in [-0.15, -0.1) is 0 Å². The summed E-state index contributed by atoms with van der Waals surface area (Å²) in [6.45, 7) is 4.98. The van der Waals surface area contributed by atoms with Gasteiger partial charge in [0.2, 0.25) is 0 Å². The molecule has 148 valence electrons. The number of rotatable bonds is 12. The van der Waals surface area contributed by atoms with Gasteiger partial charge in [-0.25, -0.2) is 0 Å². The predicted octanol–water partition coefficient (Wildman–Crippen LogP) is 4.07. The lowest BCUT2D eigenvalue weighted by molar-refractivity contribution is 0.0938. The number of hydrogen-bond donors (Lipinski definition) is 2. The molecule has 0 radical (unpaired) electrons. The molecule has 2 N–H and O–H groups in total. The Morgan fingerprint density at radius 2 is 1.89 bits per heavy atom. The topological polar surface area (TPSA) is 60.0 Å². The van der Waals surface area contributed by atoms with Crippen molar-refractivity contribution in [3.8, 4) is 11.5 Å². The molecule has 2 rings (SSSR count). The van der Waals surface area contributed by atoms with Gasteiger partial charge >= 0.3 is 0 Å². The number of aliphatic hydroxyl groups is 1. The highest BCUT2D eigenvalue weighted by Crippen LogP contribution is 2.37. The van der Waals surface area contributed by atoms with E-state index >= 15 is 0 Å². The van der Waals surface area contributed by atoms with Crippen molar-refractivity contribution >= 4 is 23.2 Å². The lowest BCUT2D eigenvalue weighted by Crippen LogP contribution is -2.20. The van der Waals surface area contributed by atoms with Crippen LogP contribution >= 0.6 is 23.2 Å². The average Bonchev–Trinajstić information content (AvgIpc) is 2.64. The molecule has 0 aliphatic carbocycles. The molecular weight excluding hydrogens is 389 g/mol. The Kier molecular flexibility index (Phi) is 9.73. The minimum atomic E-state index is 0.0317. The van der Waals surface area contributed by atoms with Gasteiger partial charge in [-0.2, -0.15) is 0 Å². The van der Waals surface area contributed by atoms with Crippen LogP contribution < -0.4 is 14.8 Å². The first-order valence-corrected chi connectivity index (χ1v) is 9.61. The highest BCUT2D eigenvalue weighted by Gasteiger charge is 2.13. The van der Waals surface area contributed by atoms with E-state index in [4.69, 9.17) is 42.5 Å². The Morgan fingerprint density at radius 1 is 1.04 bits per heavy atom. The van der Waals surface area contributed by atoms with Crippen molar-refractivity contribution in [3.05, 3.63) is 57.6 Å². The summed E-state index contributed by atoms with van der Waals surface area (Å²) in [6.07, 6.45) is 0.